The molecule has 0 atom stereocenters. The van der Waals surface area contributed by atoms with Gasteiger partial charge >= 0.3 is 0 Å². The van der Waals surface area contributed by atoms with E-state index in [1.807, 2.05) is 0 Å². The van der Waals surface area contributed by atoms with Crippen molar-refractivity contribution in [3.63, 3.8) is 0 Å². The van der Waals surface area contributed by atoms with E-state index >= 15 is 0 Å². The average molecular weight is 312 g/mol. The second-order valence-corrected chi connectivity index (χ2v) is 6.64. The second-order valence-electron chi connectivity index (χ2n) is 4.91. The van der Waals surface area contributed by atoms with Crippen LogP contribution in [0.4, 0.5) is 0 Å². The molecule has 0 aromatic heterocycles. The maximum Gasteiger partial charge on any atom is 0.240 e. The topological polar surface area (TPSA) is 75.7 Å². The van der Waals surface area contributed by atoms with Crippen molar-refractivity contribution in [1.29, 1.82) is 0 Å². The van der Waals surface area contributed by atoms with Crippen LogP contribution in [0.25, 0.3) is 0 Å². The molecule has 1 aliphatic rings. The van der Waals surface area contributed by atoms with E-state index in [0.717, 1.165) is 0 Å². The van der Waals surface area contributed by atoms with Crippen molar-refractivity contribution in [2.24, 2.45) is 0 Å². The van der Waals surface area contributed by atoms with Gasteiger partial charge in [-0.2, -0.15) is 0 Å². The Hall–Kier alpha value is -1.44. The number of hydrogen-bond donors (Lipinski definition) is 1. The molecule has 21 heavy (non-hydrogen) atoms. The SMILES string of the molecule is Cc1ccccc1S(=O)(=O)NCCC(=O)N1CCOCC1. The van der Waals surface area contributed by atoms with Crippen LogP contribution < -0.4 is 4.72 Å². The third kappa shape index (κ3) is 4.26. The number of carbonyl (C=O) groups is 1. The lowest BCUT2D eigenvalue weighted by Crippen LogP contribution is -2.42. The molecule has 0 saturated carbocycles. The van der Waals surface area contributed by atoms with E-state index in [2.05, 4.69) is 4.72 Å². The van der Waals surface area contributed by atoms with Crippen LogP contribution in [-0.4, -0.2) is 52.1 Å². The van der Waals surface area contributed by atoms with Gasteiger partial charge in [-0.1, -0.05) is 18.2 Å². The van der Waals surface area contributed by atoms with E-state index in [1.54, 1.807) is 36.1 Å². The minimum Gasteiger partial charge on any atom is -0.378 e. The first kappa shape index (κ1) is 15.9. The number of nitrogens with one attached hydrogen (secondary N) is 1. The summed E-state index contributed by atoms with van der Waals surface area (Å²) < 4.78 is 32.0. The molecule has 2 rings (SSSR count). The lowest BCUT2D eigenvalue weighted by Gasteiger charge is -2.26. The number of benzene rings is 1. The summed E-state index contributed by atoms with van der Waals surface area (Å²) in [5.41, 5.74) is 0.685. The fourth-order valence-electron chi connectivity index (χ4n) is 2.20. The number of amides is 1. The zero-order valence-electron chi connectivity index (χ0n) is 12.0. The summed E-state index contributed by atoms with van der Waals surface area (Å²) in [6.45, 7) is 4.08. The number of morpholine rings is 1. The van der Waals surface area contributed by atoms with Gasteiger partial charge in [0, 0.05) is 26.1 Å². The summed E-state index contributed by atoms with van der Waals surface area (Å²) in [5.74, 6) is -0.0502. The molecule has 1 aliphatic heterocycles. The fraction of sp³-hybridized carbons (Fsp3) is 0.500. The van der Waals surface area contributed by atoms with E-state index < -0.39 is 10.0 Å². The molecule has 1 saturated heterocycles. The van der Waals surface area contributed by atoms with Crippen molar-refractivity contribution in [3.8, 4) is 0 Å². The summed E-state index contributed by atoms with van der Waals surface area (Å²) in [6, 6.07) is 6.77. The minimum absolute atomic E-state index is 0.0502. The molecule has 1 fully saturated rings. The third-order valence-corrected chi connectivity index (χ3v) is 5.00. The number of aryl methyl sites for hydroxylation is 1. The van der Waals surface area contributed by atoms with Crippen molar-refractivity contribution in [3.05, 3.63) is 29.8 Å². The quantitative estimate of drug-likeness (QED) is 0.860. The highest BCUT2D eigenvalue weighted by molar-refractivity contribution is 7.89. The van der Waals surface area contributed by atoms with Gasteiger partial charge in [-0.3, -0.25) is 4.79 Å². The largest absolute Gasteiger partial charge is 0.378 e. The van der Waals surface area contributed by atoms with Crippen molar-refractivity contribution < 1.29 is 17.9 Å². The number of sulfonamides is 1. The predicted octanol–water partition coefficient (Wildman–Crippen LogP) is 0.522. The molecule has 1 aromatic carbocycles. The average Bonchev–Trinajstić information content (AvgIpc) is 2.48. The molecule has 0 radical (unpaired) electrons. The highest BCUT2D eigenvalue weighted by Crippen LogP contribution is 2.13. The molecule has 0 aliphatic carbocycles. The van der Waals surface area contributed by atoms with Crippen LogP contribution in [0.1, 0.15) is 12.0 Å². The molecular formula is C14H20N2O4S. The zero-order chi connectivity index (χ0) is 15.3. The minimum atomic E-state index is -3.56. The molecule has 1 aromatic rings. The molecular weight excluding hydrogens is 292 g/mol. The van der Waals surface area contributed by atoms with Crippen LogP contribution in [0, 0.1) is 6.92 Å². The molecule has 1 amide bonds. The van der Waals surface area contributed by atoms with Gasteiger partial charge in [0.05, 0.1) is 18.1 Å². The van der Waals surface area contributed by atoms with E-state index in [4.69, 9.17) is 4.74 Å². The van der Waals surface area contributed by atoms with E-state index in [0.29, 0.717) is 31.9 Å². The van der Waals surface area contributed by atoms with Gasteiger partial charge in [-0.15, -0.1) is 0 Å². The van der Waals surface area contributed by atoms with Crippen molar-refractivity contribution in [1.82, 2.24) is 9.62 Å². The summed E-state index contributed by atoms with van der Waals surface area (Å²) in [4.78, 5) is 13.9. The molecule has 1 N–H and O–H groups in total. The first-order valence-electron chi connectivity index (χ1n) is 6.91. The predicted molar refractivity (Wildman–Crippen MR) is 78.4 cm³/mol. The molecule has 6 nitrogen and oxygen atoms in total. The van der Waals surface area contributed by atoms with Gasteiger partial charge in [-0.25, -0.2) is 13.1 Å². The Bertz CT molecular complexity index is 595. The lowest BCUT2D eigenvalue weighted by atomic mass is 10.2. The van der Waals surface area contributed by atoms with Crippen LogP contribution in [0.3, 0.4) is 0 Å². The number of rotatable bonds is 5. The summed E-state index contributed by atoms with van der Waals surface area (Å²) in [5, 5.41) is 0. The van der Waals surface area contributed by atoms with E-state index in [-0.39, 0.29) is 23.8 Å². The summed E-state index contributed by atoms with van der Waals surface area (Å²) >= 11 is 0. The van der Waals surface area contributed by atoms with Crippen LogP contribution in [0.2, 0.25) is 0 Å². The monoisotopic (exact) mass is 312 g/mol. The van der Waals surface area contributed by atoms with Crippen LogP contribution >= 0.6 is 0 Å². The molecule has 0 unspecified atom stereocenters. The number of ether oxygens (including phenoxy) is 1. The molecule has 1 heterocycles. The second kappa shape index (κ2) is 7.02. The first-order valence-corrected chi connectivity index (χ1v) is 8.40. The summed E-state index contributed by atoms with van der Waals surface area (Å²) in [6.07, 6.45) is 0.158. The first-order chi connectivity index (χ1) is 10.0. The highest BCUT2D eigenvalue weighted by Gasteiger charge is 2.19. The standard InChI is InChI=1S/C14H20N2O4S/c1-12-4-2-3-5-13(12)21(18,19)15-7-6-14(17)16-8-10-20-11-9-16/h2-5,15H,6-11H2,1H3. The number of hydrogen-bond acceptors (Lipinski definition) is 4. The Morgan fingerprint density at radius 1 is 1.29 bits per heavy atom. The van der Waals surface area contributed by atoms with Crippen molar-refractivity contribution in [2.75, 3.05) is 32.8 Å². The zero-order valence-corrected chi connectivity index (χ0v) is 12.9. The summed E-state index contributed by atoms with van der Waals surface area (Å²) in [7, 11) is -3.56. The molecule has 7 heteroatoms. The molecule has 0 bridgehead atoms. The van der Waals surface area contributed by atoms with Gasteiger partial charge in [0.25, 0.3) is 0 Å². The lowest BCUT2D eigenvalue weighted by molar-refractivity contribution is -0.135. The molecule has 0 spiro atoms. The Labute approximate surface area is 125 Å². The van der Waals surface area contributed by atoms with Crippen molar-refractivity contribution in [2.45, 2.75) is 18.2 Å². The number of carbonyl (C=O) groups excluding carboxylic acids is 1. The Morgan fingerprint density at radius 3 is 2.62 bits per heavy atom. The Morgan fingerprint density at radius 2 is 1.95 bits per heavy atom. The van der Waals surface area contributed by atoms with E-state index in [1.165, 1.54) is 0 Å². The Balaban J connectivity index is 1.88. The highest BCUT2D eigenvalue weighted by atomic mass is 32.2. The van der Waals surface area contributed by atoms with Gasteiger partial charge < -0.3 is 9.64 Å². The Kier molecular flexibility index (Phi) is 5.33. The van der Waals surface area contributed by atoms with Crippen LogP contribution in [-0.2, 0) is 19.6 Å². The van der Waals surface area contributed by atoms with Crippen LogP contribution in [0.15, 0.2) is 29.2 Å². The smallest absolute Gasteiger partial charge is 0.240 e. The maximum absolute atomic E-state index is 12.2. The van der Waals surface area contributed by atoms with Gasteiger partial charge in [0.1, 0.15) is 0 Å². The third-order valence-electron chi connectivity index (χ3n) is 3.38. The maximum atomic E-state index is 12.2. The van der Waals surface area contributed by atoms with Gasteiger partial charge in [0.2, 0.25) is 15.9 Å². The van der Waals surface area contributed by atoms with Gasteiger partial charge in [0.15, 0.2) is 0 Å². The fourth-order valence-corrected chi connectivity index (χ4v) is 3.47. The number of nitrogens with zero attached hydrogens (tertiary/aromatic N) is 1. The van der Waals surface area contributed by atoms with E-state index in [9.17, 15) is 13.2 Å². The normalized spacial score (nSPS) is 16.0. The molecule has 116 valence electrons. The van der Waals surface area contributed by atoms with Crippen LogP contribution in [0.5, 0.6) is 0 Å². The van der Waals surface area contributed by atoms with Crippen molar-refractivity contribution >= 4 is 15.9 Å². The van der Waals surface area contributed by atoms with Gasteiger partial charge in [-0.05, 0) is 18.6 Å².